The molecule has 0 aromatic heterocycles. The van der Waals surface area contributed by atoms with Crippen LogP contribution < -0.4 is 5.32 Å². The van der Waals surface area contributed by atoms with Crippen molar-refractivity contribution in [3.05, 3.63) is 101 Å². The number of hydrogen-bond acceptors (Lipinski definition) is 7. The van der Waals surface area contributed by atoms with Gasteiger partial charge in [0.25, 0.3) is 0 Å². The van der Waals surface area contributed by atoms with E-state index in [1.807, 2.05) is 0 Å². The van der Waals surface area contributed by atoms with Crippen LogP contribution in [0.5, 0.6) is 0 Å². The number of amides is 1. The lowest BCUT2D eigenvalue weighted by molar-refractivity contribution is -0.142. The molecular weight excluding hydrogens is 510 g/mol. The van der Waals surface area contributed by atoms with Gasteiger partial charge in [-0.3, -0.25) is 19.2 Å². The SMILES string of the molecule is CC(OC(=O)c1ccc(NC(=O)CCCC(=O)OCC(=O)c2ccc(Cl)cc2)cc1)C(=O)c1ccccc1. The van der Waals surface area contributed by atoms with Crippen molar-refractivity contribution in [3.63, 3.8) is 0 Å². The Morgan fingerprint density at radius 1 is 0.789 bits per heavy atom. The molecule has 0 bridgehead atoms. The number of esters is 2. The molecule has 38 heavy (non-hydrogen) atoms. The molecule has 1 atom stereocenters. The smallest absolute Gasteiger partial charge is 0.338 e. The zero-order valence-electron chi connectivity index (χ0n) is 20.6. The number of hydrogen-bond donors (Lipinski definition) is 1. The van der Waals surface area contributed by atoms with Crippen LogP contribution in [0, 0.1) is 0 Å². The third-order valence-electron chi connectivity index (χ3n) is 5.43. The van der Waals surface area contributed by atoms with Crippen molar-refractivity contribution in [2.75, 3.05) is 11.9 Å². The van der Waals surface area contributed by atoms with Gasteiger partial charge < -0.3 is 14.8 Å². The van der Waals surface area contributed by atoms with Crippen LogP contribution in [0.3, 0.4) is 0 Å². The molecule has 1 amide bonds. The molecule has 9 heteroatoms. The van der Waals surface area contributed by atoms with E-state index in [2.05, 4.69) is 5.32 Å². The Bertz CT molecular complexity index is 1290. The Morgan fingerprint density at radius 2 is 1.42 bits per heavy atom. The number of ketones is 2. The largest absolute Gasteiger partial charge is 0.457 e. The van der Waals surface area contributed by atoms with E-state index in [4.69, 9.17) is 21.1 Å². The van der Waals surface area contributed by atoms with Gasteiger partial charge in [0.05, 0.1) is 5.56 Å². The summed E-state index contributed by atoms with van der Waals surface area (Å²) < 4.78 is 10.2. The Kier molecular flexibility index (Phi) is 10.3. The summed E-state index contributed by atoms with van der Waals surface area (Å²) in [5.74, 6) is -2.22. The van der Waals surface area contributed by atoms with E-state index in [9.17, 15) is 24.0 Å². The first kappa shape index (κ1) is 28.3. The molecule has 8 nitrogen and oxygen atoms in total. The molecule has 1 N–H and O–H groups in total. The molecule has 0 saturated heterocycles. The lowest BCUT2D eigenvalue weighted by atomic mass is 10.1. The number of halogens is 1. The first-order valence-corrected chi connectivity index (χ1v) is 12.3. The standard InChI is InChI=1S/C29H26ClNO7/c1-19(28(35)21-6-3-2-4-7-21)38-29(36)22-12-16-24(17-13-22)31-26(33)8-5-9-27(34)37-18-25(32)20-10-14-23(30)15-11-20/h2-4,6-7,10-17,19H,5,8-9,18H2,1H3,(H,31,33). The van der Waals surface area contributed by atoms with Gasteiger partial charge in [0.1, 0.15) is 0 Å². The Hall–Kier alpha value is -4.30. The van der Waals surface area contributed by atoms with Gasteiger partial charge in [-0.25, -0.2) is 4.79 Å². The third-order valence-corrected chi connectivity index (χ3v) is 5.68. The minimum atomic E-state index is -0.952. The highest BCUT2D eigenvalue weighted by Crippen LogP contribution is 2.14. The van der Waals surface area contributed by atoms with Crippen molar-refractivity contribution in [3.8, 4) is 0 Å². The van der Waals surface area contributed by atoms with Gasteiger partial charge in [0.15, 0.2) is 18.5 Å². The van der Waals surface area contributed by atoms with E-state index in [0.717, 1.165) is 0 Å². The van der Waals surface area contributed by atoms with Gasteiger partial charge in [0, 0.05) is 34.7 Å². The number of rotatable bonds is 12. The Morgan fingerprint density at radius 3 is 2.08 bits per heavy atom. The zero-order chi connectivity index (χ0) is 27.5. The van der Waals surface area contributed by atoms with Gasteiger partial charge in [-0.15, -0.1) is 0 Å². The Labute approximate surface area is 224 Å². The minimum absolute atomic E-state index is 0.0218. The van der Waals surface area contributed by atoms with E-state index < -0.39 is 18.0 Å². The van der Waals surface area contributed by atoms with E-state index in [1.165, 1.54) is 31.2 Å². The summed E-state index contributed by atoms with van der Waals surface area (Å²) in [5, 5.41) is 3.17. The first-order valence-electron chi connectivity index (χ1n) is 11.9. The maximum atomic E-state index is 12.4. The molecule has 0 fully saturated rings. The van der Waals surface area contributed by atoms with Crippen LogP contribution in [-0.4, -0.2) is 42.1 Å². The highest BCUT2D eigenvalue weighted by molar-refractivity contribution is 6.30. The zero-order valence-corrected chi connectivity index (χ0v) is 21.4. The maximum Gasteiger partial charge on any atom is 0.338 e. The lowest BCUT2D eigenvalue weighted by Crippen LogP contribution is -2.24. The normalized spacial score (nSPS) is 11.2. The van der Waals surface area contributed by atoms with Crippen LogP contribution in [0.25, 0.3) is 0 Å². The van der Waals surface area contributed by atoms with Gasteiger partial charge in [0.2, 0.25) is 11.7 Å². The molecule has 0 saturated carbocycles. The fraction of sp³-hybridized carbons (Fsp3) is 0.207. The average Bonchev–Trinajstić information content (AvgIpc) is 2.92. The quantitative estimate of drug-likeness (QED) is 0.247. The predicted molar refractivity (Wildman–Crippen MR) is 141 cm³/mol. The molecule has 0 spiro atoms. The van der Waals surface area contributed by atoms with E-state index in [1.54, 1.807) is 54.6 Å². The highest BCUT2D eigenvalue weighted by Gasteiger charge is 2.20. The summed E-state index contributed by atoms with van der Waals surface area (Å²) in [4.78, 5) is 60.9. The maximum absolute atomic E-state index is 12.4. The fourth-order valence-corrected chi connectivity index (χ4v) is 3.49. The van der Waals surface area contributed by atoms with Crippen LogP contribution in [0.15, 0.2) is 78.9 Å². The molecule has 1 unspecified atom stereocenters. The molecule has 196 valence electrons. The molecule has 0 aliphatic carbocycles. The predicted octanol–water partition coefficient (Wildman–Crippen LogP) is 5.30. The van der Waals surface area contributed by atoms with Crippen molar-refractivity contribution in [2.24, 2.45) is 0 Å². The van der Waals surface area contributed by atoms with Crippen LogP contribution in [0.4, 0.5) is 5.69 Å². The molecule has 0 aliphatic heterocycles. The number of Topliss-reactive ketones (excluding diaryl/α,β-unsaturated/α-hetero) is 2. The number of anilines is 1. The number of carbonyl (C=O) groups excluding carboxylic acids is 5. The summed E-state index contributed by atoms with van der Waals surface area (Å²) in [6.45, 7) is 1.12. The van der Waals surface area contributed by atoms with Crippen molar-refractivity contribution >= 4 is 46.7 Å². The van der Waals surface area contributed by atoms with E-state index in [-0.39, 0.29) is 48.9 Å². The second kappa shape index (κ2) is 13.9. The van der Waals surface area contributed by atoms with E-state index in [0.29, 0.717) is 21.8 Å². The number of carbonyl (C=O) groups is 5. The van der Waals surface area contributed by atoms with E-state index >= 15 is 0 Å². The van der Waals surface area contributed by atoms with Crippen molar-refractivity contribution in [2.45, 2.75) is 32.3 Å². The lowest BCUT2D eigenvalue weighted by Gasteiger charge is -2.12. The highest BCUT2D eigenvalue weighted by atomic mass is 35.5. The fourth-order valence-electron chi connectivity index (χ4n) is 3.36. The topological polar surface area (TPSA) is 116 Å². The first-order chi connectivity index (χ1) is 18.2. The van der Waals surface area contributed by atoms with Crippen molar-refractivity contribution in [1.82, 2.24) is 0 Å². The molecule has 3 aromatic carbocycles. The Balaban J connectivity index is 1.37. The van der Waals surface area contributed by atoms with Crippen molar-refractivity contribution in [1.29, 1.82) is 0 Å². The monoisotopic (exact) mass is 535 g/mol. The molecule has 3 aromatic rings. The second-order valence-electron chi connectivity index (χ2n) is 8.35. The molecule has 0 radical (unpaired) electrons. The molecule has 0 aliphatic rings. The summed E-state index contributed by atoms with van der Waals surface area (Å²) in [6.07, 6.45) is -0.682. The molecule has 0 heterocycles. The molecule has 3 rings (SSSR count). The summed E-state index contributed by atoms with van der Waals surface area (Å²) in [5.41, 5.74) is 1.52. The number of ether oxygens (including phenoxy) is 2. The number of nitrogens with one attached hydrogen (secondary N) is 1. The van der Waals surface area contributed by atoms with Crippen LogP contribution in [0.2, 0.25) is 5.02 Å². The minimum Gasteiger partial charge on any atom is -0.457 e. The van der Waals surface area contributed by atoms with Crippen LogP contribution in [0.1, 0.15) is 57.3 Å². The van der Waals surface area contributed by atoms with Crippen molar-refractivity contribution < 1.29 is 33.4 Å². The van der Waals surface area contributed by atoms with Gasteiger partial charge in [-0.05, 0) is 61.9 Å². The van der Waals surface area contributed by atoms with Crippen LogP contribution in [-0.2, 0) is 19.1 Å². The second-order valence-corrected chi connectivity index (χ2v) is 8.78. The van der Waals surface area contributed by atoms with Crippen LogP contribution >= 0.6 is 11.6 Å². The van der Waals surface area contributed by atoms with Gasteiger partial charge in [-0.2, -0.15) is 0 Å². The average molecular weight is 536 g/mol. The summed E-state index contributed by atoms with van der Waals surface area (Å²) in [7, 11) is 0. The number of benzene rings is 3. The third kappa shape index (κ3) is 8.67. The van der Waals surface area contributed by atoms with Gasteiger partial charge >= 0.3 is 11.9 Å². The van der Waals surface area contributed by atoms with Gasteiger partial charge in [-0.1, -0.05) is 41.9 Å². The summed E-state index contributed by atoms with van der Waals surface area (Å²) in [6, 6.07) is 20.8. The molecular formula is C29H26ClNO7. The summed E-state index contributed by atoms with van der Waals surface area (Å²) >= 11 is 5.78.